The van der Waals surface area contributed by atoms with Crippen molar-refractivity contribution in [2.24, 2.45) is 0 Å². The van der Waals surface area contributed by atoms with E-state index in [0.717, 1.165) is 51.0 Å². The average molecular weight is 444 g/mol. The predicted molar refractivity (Wildman–Crippen MR) is 132 cm³/mol. The monoisotopic (exact) mass is 443 g/mol. The molecule has 1 saturated heterocycles. The van der Waals surface area contributed by atoms with Crippen LogP contribution in [0.5, 0.6) is 0 Å². The minimum absolute atomic E-state index is 0.783. The fourth-order valence-corrected chi connectivity index (χ4v) is 5.18. The van der Waals surface area contributed by atoms with Crippen LogP contribution in [0.4, 0.5) is 5.95 Å². The van der Waals surface area contributed by atoms with Crippen LogP contribution in [0.2, 0.25) is 0 Å². The second-order valence-electron chi connectivity index (χ2n) is 8.50. The van der Waals surface area contributed by atoms with Crippen LogP contribution in [0.1, 0.15) is 21.6 Å². The zero-order valence-corrected chi connectivity index (χ0v) is 19.6. The SMILES string of the molecule is Cc1ccc(-c2nnc(N3CCN(Cc4ccccc4)CC3)n2Cc2ccccc2C)s1. The Hall–Kier alpha value is -2.96. The van der Waals surface area contributed by atoms with E-state index in [4.69, 9.17) is 0 Å². The molecule has 0 spiro atoms. The van der Waals surface area contributed by atoms with E-state index in [-0.39, 0.29) is 0 Å². The second kappa shape index (κ2) is 9.27. The van der Waals surface area contributed by atoms with Gasteiger partial charge in [0.2, 0.25) is 5.95 Å². The highest BCUT2D eigenvalue weighted by Crippen LogP contribution is 2.30. The van der Waals surface area contributed by atoms with Gasteiger partial charge in [0.25, 0.3) is 0 Å². The van der Waals surface area contributed by atoms with E-state index in [1.165, 1.54) is 26.4 Å². The van der Waals surface area contributed by atoms with Crippen LogP contribution in [-0.4, -0.2) is 45.8 Å². The summed E-state index contributed by atoms with van der Waals surface area (Å²) >= 11 is 1.78. The van der Waals surface area contributed by atoms with E-state index in [0.29, 0.717) is 0 Å². The van der Waals surface area contributed by atoms with Crippen LogP contribution >= 0.6 is 11.3 Å². The van der Waals surface area contributed by atoms with Crippen molar-refractivity contribution in [3.05, 3.63) is 88.3 Å². The number of piperazine rings is 1. The van der Waals surface area contributed by atoms with Crippen LogP contribution < -0.4 is 4.90 Å². The molecular formula is C26H29N5S. The summed E-state index contributed by atoms with van der Waals surface area (Å²) in [7, 11) is 0. The molecule has 0 amide bonds. The number of rotatable bonds is 6. The van der Waals surface area contributed by atoms with Crippen LogP contribution in [0, 0.1) is 13.8 Å². The third kappa shape index (κ3) is 4.47. The van der Waals surface area contributed by atoms with Crippen LogP contribution in [-0.2, 0) is 13.1 Å². The predicted octanol–water partition coefficient (Wildman–Crippen LogP) is 4.99. The Morgan fingerprint density at radius 2 is 1.53 bits per heavy atom. The highest BCUT2D eigenvalue weighted by Gasteiger charge is 2.24. The maximum Gasteiger partial charge on any atom is 0.227 e. The number of thiophene rings is 1. The summed E-state index contributed by atoms with van der Waals surface area (Å²) in [6, 6.07) is 23.7. The molecule has 0 N–H and O–H groups in total. The van der Waals surface area contributed by atoms with E-state index >= 15 is 0 Å². The molecule has 164 valence electrons. The number of anilines is 1. The Labute approximate surface area is 194 Å². The van der Waals surface area contributed by atoms with Gasteiger partial charge in [-0.25, -0.2) is 0 Å². The van der Waals surface area contributed by atoms with E-state index in [2.05, 4.69) is 105 Å². The van der Waals surface area contributed by atoms with Crippen molar-refractivity contribution in [1.82, 2.24) is 19.7 Å². The fourth-order valence-electron chi connectivity index (χ4n) is 4.32. The summed E-state index contributed by atoms with van der Waals surface area (Å²) in [5, 5.41) is 9.34. The summed E-state index contributed by atoms with van der Waals surface area (Å²) in [5.74, 6) is 1.95. The molecule has 4 aromatic rings. The molecule has 2 aromatic carbocycles. The van der Waals surface area contributed by atoms with Gasteiger partial charge in [0.15, 0.2) is 5.82 Å². The molecule has 1 aliphatic rings. The Kier molecular flexibility index (Phi) is 6.06. The normalized spacial score (nSPS) is 14.8. The first-order valence-corrected chi connectivity index (χ1v) is 12.0. The van der Waals surface area contributed by atoms with Gasteiger partial charge in [0.05, 0.1) is 11.4 Å². The first-order chi connectivity index (χ1) is 15.7. The van der Waals surface area contributed by atoms with E-state index in [1.807, 2.05) is 0 Å². The summed E-state index contributed by atoms with van der Waals surface area (Å²) in [5.41, 5.74) is 3.98. The quantitative estimate of drug-likeness (QED) is 0.421. The molecule has 3 heterocycles. The molecule has 0 radical (unpaired) electrons. The largest absolute Gasteiger partial charge is 0.338 e. The first-order valence-electron chi connectivity index (χ1n) is 11.2. The van der Waals surface area contributed by atoms with Crippen molar-refractivity contribution in [2.75, 3.05) is 31.1 Å². The summed E-state index contributed by atoms with van der Waals surface area (Å²) in [4.78, 5) is 7.40. The third-order valence-electron chi connectivity index (χ3n) is 6.19. The van der Waals surface area contributed by atoms with Gasteiger partial charge in [-0.2, -0.15) is 0 Å². The lowest BCUT2D eigenvalue weighted by Crippen LogP contribution is -2.46. The number of hydrogen-bond acceptors (Lipinski definition) is 5. The van der Waals surface area contributed by atoms with Gasteiger partial charge in [-0.3, -0.25) is 9.47 Å². The molecule has 0 saturated carbocycles. The highest BCUT2D eigenvalue weighted by atomic mass is 32.1. The van der Waals surface area contributed by atoms with E-state index in [9.17, 15) is 0 Å². The van der Waals surface area contributed by atoms with Crippen molar-refractivity contribution in [1.29, 1.82) is 0 Å². The minimum atomic E-state index is 0.783. The molecule has 32 heavy (non-hydrogen) atoms. The lowest BCUT2D eigenvalue weighted by molar-refractivity contribution is 0.248. The molecule has 1 fully saturated rings. The molecular weight excluding hydrogens is 414 g/mol. The Balaban J connectivity index is 1.39. The summed E-state index contributed by atoms with van der Waals surface area (Å²) < 4.78 is 2.31. The standard InChI is InChI=1S/C26H29N5S/c1-20-8-6-7-11-23(20)19-31-25(24-13-12-21(2)32-24)27-28-26(31)30-16-14-29(15-17-30)18-22-9-4-3-5-10-22/h3-13H,14-19H2,1-2H3. The third-order valence-corrected chi connectivity index (χ3v) is 7.18. The Morgan fingerprint density at radius 1 is 0.781 bits per heavy atom. The Morgan fingerprint density at radius 3 is 2.25 bits per heavy atom. The maximum atomic E-state index is 4.69. The molecule has 0 bridgehead atoms. The molecule has 0 aliphatic carbocycles. The van der Waals surface area contributed by atoms with Gasteiger partial charge in [-0.05, 0) is 42.7 Å². The molecule has 5 nitrogen and oxygen atoms in total. The van der Waals surface area contributed by atoms with Gasteiger partial charge >= 0.3 is 0 Å². The zero-order valence-electron chi connectivity index (χ0n) is 18.7. The van der Waals surface area contributed by atoms with Crippen molar-refractivity contribution in [3.8, 4) is 10.7 Å². The van der Waals surface area contributed by atoms with E-state index in [1.54, 1.807) is 11.3 Å². The van der Waals surface area contributed by atoms with Crippen LogP contribution in [0.15, 0.2) is 66.7 Å². The number of hydrogen-bond donors (Lipinski definition) is 0. The van der Waals surface area contributed by atoms with Gasteiger partial charge in [-0.15, -0.1) is 21.5 Å². The van der Waals surface area contributed by atoms with Gasteiger partial charge in [0.1, 0.15) is 0 Å². The molecule has 0 unspecified atom stereocenters. The number of nitrogens with zero attached hydrogens (tertiary/aromatic N) is 5. The summed E-state index contributed by atoms with van der Waals surface area (Å²) in [6.45, 7) is 10.1. The second-order valence-corrected chi connectivity index (χ2v) is 9.78. The van der Waals surface area contributed by atoms with Crippen LogP contribution in [0.25, 0.3) is 10.7 Å². The van der Waals surface area contributed by atoms with Crippen LogP contribution in [0.3, 0.4) is 0 Å². The lowest BCUT2D eigenvalue weighted by Gasteiger charge is -2.35. The lowest BCUT2D eigenvalue weighted by atomic mass is 10.1. The molecule has 0 atom stereocenters. The van der Waals surface area contributed by atoms with Gasteiger partial charge in [0, 0.05) is 37.6 Å². The van der Waals surface area contributed by atoms with Gasteiger partial charge < -0.3 is 4.90 Å². The Bertz CT molecular complexity index is 1170. The maximum absolute atomic E-state index is 4.69. The fraction of sp³-hybridized carbons (Fsp3) is 0.308. The zero-order chi connectivity index (χ0) is 21.9. The number of benzene rings is 2. The minimum Gasteiger partial charge on any atom is -0.338 e. The summed E-state index contributed by atoms with van der Waals surface area (Å²) in [6.07, 6.45) is 0. The molecule has 6 heteroatoms. The molecule has 2 aromatic heterocycles. The highest BCUT2D eigenvalue weighted by molar-refractivity contribution is 7.15. The smallest absolute Gasteiger partial charge is 0.227 e. The van der Waals surface area contributed by atoms with Crippen molar-refractivity contribution in [2.45, 2.75) is 26.9 Å². The molecule has 5 rings (SSSR count). The topological polar surface area (TPSA) is 37.2 Å². The van der Waals surface area contributed by atoms with Crippen molar-refractivity contribution < 1.29 is 0 Å². The van der Waals surface area contributed by atoms with Crippen molar-refractivity contribution >= 4 is 17.3 Å². The van der Waals surface area contributed by atoms with Gasteiger partial charge in [-0.1, -0.05) is 54.6 Å². The van der Waals surface area contributed by atoms with E-state index < -0.39 is 0 Å². The molecule has 1 aliphatic heterocycles. The van der Waals surface area contributed by atoms with Crippen molar-refractivity contribution in [3.63, 3.8) is 0 Å². The average Bonchev–Trinajstić information content (AvgIpc) is 3.43. The number of aryl methyl sites for hydroxylation is 2. The first kappa shape index (κ1) is 20.9. The number of aromatic nitrogens is 3.